The van der Waals surface area contributed by atoms with E-state index in [1.807, 2.05) is 0 Å². The number of hydrogen-bond acceptors (Lipinski definition) is 2. The smallest absolute Gasteiger partial charge is 0.338 e. The molecule has 4 heteroatoms. The Morgan fingerprint density at radius 2 is 2.43 bits per heavy atom. The quantitative estimate of drug-likeness (QED) is 0.726. The molecule has 0 saturated carbocycles. The third kappa shape index (κ3) is 1.38. The summed E-state index contributed by atoms with van der Waals surface area (Å²) in [7, 11) is 0. The predicted molar refractivity (Wildman–Crippen MR) is 52.9 cm³/mol. The van der Waals surface area contributed by atoms with Crippen molar-refractivity contribution in [3.63, 3.8) is 0 Å². The van der Waals surface area contributed by atoms with E-state index in [9.17, 15) is 4.79 Å². The number of nitrogens with zero attached hydrogens (tertiary/aromatic N) is 1. The first-order chi connectivity index (χ1) is 6.59. The summed E-state index contributed by atoms with van der Waals surface area (Å²) in [5.74, 6) is -0.614. The van der Waals surface area contributed by atoms with Gasteiger partial charge in [-0.15, -0.1) is 0 Å². The molecule has 3 nitrogen and oxygen atoms in total. The molecule has 0 aliphatic heterocycles. The summed E-state index contributed by atoms with van der Waals surface area (Å²) in [6.07, 6.45) is 1.93. The molecule has 0 radical (unpaired) electrons. The largest absolute Gasteiger partial charge is 0.478 e. The van der Waals surface area contributed by atoms with Crippen molar-refractivity contribution in [3.8, 4) is 0 Å². The Hall–Kier alpha value is -1.09. The maximum Gasteiger partial charge on any atom is 0.338 e. The molecule has 14 heavy (non-hydrogen) atoms. The first-order valence-corrected chi connectivity index (χ1v) is 4.90. The number of carbonyl (C=O) groups is 1. The number of aromatic nitrogens is 1. The van der Waals surface area contributed by atoms with Gasteiger partial charge in [0.05, 0.1) is 5.56 Å². The summed E-state index contributed by atoms with van der Waals surface area (Å²) in [5, 5.41) is 8.96. The second-order valence-corrected chi connectivity index (χ2v) is 3.97. The van der Waals surface area contributed by atoms with Crippen molar-refractivity contribution in [2.75, 3.05) is 0 Å². The maximum atomic E-state index is 10.8. The third-order valence-electron chi connectivity index (χ3n) is 2.66. The number of carboxylic acids is 1. The zero-order chi connectivity index (χ0) is 10.3. The molecule has 0 fully saturated rings. The van der Waals surface area contributed by atoms with Gasteiger partial charge in [-0.05, 0) is 30.4 Å². The van der Waals surface area contributed by atoms with E-state index in [-0.39, 0.29) is 10.7 Å². The lowest BCUT2D eigenvalue weighted by Gasteiger charge is -2.06. The molecular formula is C10H10ClNO2. The Labute approximate surface area is 86.7 Å². The average Bonchev–Trinajstić information content (AvgIpc) is 2.46. The Bertz CT molecular complexity index is 403. The number of aryl methyl sites for hydroxylation is 1. The van der Waals surface area contributed by atoms with Gasteiger partial charge in [0, 0.05) is 5.69 Å². The number of rotatable bonds is 1. The molecule has 1 aromatic rings. The van der Waals surface area contributed by atoms with Gasteiger partial charge in [0.25, 0.3) is 0 Å². The molecule has 0 aromatic carbocycles. The lowest BCUT2D eigenvalue weighted by atomic mass is 10.0. The first kappa shape index (κ1) is 9.46. The van der Waals surface area contributed by atoms with Crippen molar-refractivity contribution < 1.29 is 9.90 Å². The van der Waals surface area contributed by atoms with Crippen LogP contribution in [0.1, 0.15) is 40.9 Å². The third-order valence-corrected chi connectivity index (χ3v) is 2.95. The van der Waals surface area contributed by atoms with Crippen molar-refractivity contribution >= 4 is 17.6 Å². The molecule has 0 bridgehead atoms. The normalized spacial score (nSPS) is 19.4. The molecule has 1 aliphatic carbocycles. The van der Waals surface area contributed by atoms with Crippen LogP contribution in [-0.2, 0) is 6.42 Å². The summed E-state index contributed by atoms with van der Waals surface area (Å²) in [6, 6.07) is 1.66. The molecule has 1 heterocycles. The number of fused-ring (bicyclic) bond motifs is 1. The SMILES string of the molecule is C[C@H]1CCc2nc(Cl)c(C(=O)O)cc21. The van der Waals surface area contributed by atoms with Crippen LogP contribution in [0.2, 0.25) is 5.15 Å². The van der Waals surface area contributed by atoms with Crippen LogP contribution in [-0.4, -0.2) is 16.1 Å². The van der Waals surface area contributed by atoms with Crippen LogP contribution in [0.5, 0.6) is 0 Å². The number of hydrogen-bond donors (Lipinski definition) is 1. The van der Waals surface area contributed by atoms with Gasteiger partial charge in [-0.25, -0.2) is 9.78 Å². The Morgan fingerprint density at radius 1 is 1.71 bits per heavy atom. The number of aromatic carboxylic acids is 1. The maximum absolute atomic E-state index is 10.8. The van der Waals surface area contributed by atoms with Crippen molar-refractivity contribution in [1.29, 1.82) is 0 Å². The topological polar surface area (TPSA) is 50.2 Å². The molecule has 1 atom stereocenters. The second-order valence-electron chi connectivity index (χ2n) is 3.61. The molecule has 0 amide bonds. The number of halogens is 1. The van der Waals surface area contributed by atoms with Crippen LogP contribution in [0.3, 0.4) is 0 Å². The highest BCUT2D eigenvalue weighted by molar-refractivity contribution is 6.32. The Balaban J connectivity index is 2.57. The second kappa shape index (κ2) is 3.24. The van der Waals surface area contributed by atoms with Gasteiger partial charge in [0.2, 0.25) is 0 Å². The highest BCUT2D eigenvalue weighted by Gasteiger charge is 2.23. The van der Waals surface area contributed by atoms with Crippen LogP contribution in [0.4, 0.5) is 0 Å². The van der Waals surface area contributed by atoms with E-state index in [2.05, 4.69) is 11.9 Å². The van der Waals surface area contributed by atoms with Gasteiger partial charge in [0.1, 0.15) is 5.15 Å². The zero-order valence-electron chi connectivity index (χ0n) is 7.75. The van der Waals surface area contributed by atoms with Gasteiger partial charge >= 0.3 is 5.97 Å². The molecule has 74 valence electrons. The van der Waals surface area contributed by atoms with Gasteiger partial charge in [-0.3, -0.25) is 0 Å². The summed E-state index contributed by atoms with van der Waals surface area (Å²) in [6.45, 7) is 2.08. The molecule has 1 aromatic heterocycles. The average molecular weight is 212 g/mol. The van der Waals surface area contributed by atoms with Crippen LogP contribution in [0.25, 0.3) is 0 Å². The molecule has 1 aliphatic rings. The van der Waals surface area contributed by atoms with E-state index in [0.29, 0.717) is 5.92 Å². The Morgan fingerprint density at radius 3 is 3.07 bits per heavy atom. The molecule has 1 N–H and O–H groups in total. The highest BCUT2D eigenvalue weighted by Crippen LogP contribution is 2.33. The van der Waals surface area contributed by atoms with Gasteiger partial charge in [-0.1, -0.05) is 18.5 Å². The van der Waals surface area contributed by atoms with E-state index in [1.165, 1.54) is 0 Å². The minimum atomic E-state index is -1.01. The standard InChI is InChI=1S/C10H10ClNO2/c1-5-2-3-8-6(5)4-7(10(13)14)9(11)12-8/h4-5H,2-3H2,1H3,(H,13,14)/t5-/m0/s1. The summed E-state index contributed by atoms with van der Waals surface area (Å²) < 4.78 is 0. The van der Waals surface area contributed by atoms with E-state index in [1.54, 1.807) is 6.07 Å². The minimum absolute atomic E-state index is 0.102. The lowest BCUT2D eigenvalue weighted by molar-refractivity contribution is 0.0696. The fourth-order valence-electron chi connectivity index (χ4n) is 1.83. The molecular weight excluding hydrogens is 202 g/mol. The van der Waals surface area contributed by atoms with Crippen molar-refractivity contribution in [2.45, 2.75) is 25.7 Å². The predicted octanol–water partition coefficient (Wildman–Crippen LogP) is 2.48. The minimum Gasteiger partial charge on any atom is -0.478 e. The first-order valence-electron chi connectivity index (χ1n) is 4.52. The van der Waals surface area contributed by atoms with Crippen molar-refractivity contribution in [1.82, 2.24) is 4.98 Å². The number of pyridine rings is 1. The van der Waals surface area contributed by atoms with Gasteiger partial charge < -0.3 is 5.11 Å². The van der Waals surface area contributed by atoms with Crippen molar-refractivity contribution in [3.05, 3.63) is 28.0 Å². The fourth-order valence-corrected chi connectivity index (χ4v) is 2.06. The molecule has 2 rings (SSSR count). The molecule has 0 unspecified atom stereocenters. The zero-order valence-corrected chi connectivity index (χ0v) is 8.51. The van der Waals surface area contributed by atoms with Gasteiger partial charge in [-0.2, -0.15) is 0 Å². The molecule has 0 spiro atoms. The number of carboxylic acid groups (broad SMARTS) is 1. The van der Waals surface area contributed by atoms with Crippen LogP contribution >= 0.6 is 11.6 Å². The van der Waals surface area contributed by atoms with Gasteiger partial charge in [0.15, 0.2) is 0 Å². The summed E-state index contributed by atoms with van der Waals surface area (Å²) >= 11 is 5.76. The fraction of sp³-hybridized carbons (Fsp3) is 0.400. The molecule has 0 saturated heterocycles. The lowest BCUT2D eigenvalue weighted by Crippen LogP contribution is -2.02. The summed E-state index contributed by atoms with van der Waals surface area (Å²) in [5.41, 5.74) is 2.10. The van der Waals surface area contributed by atoms with Crippen LogP contribution in [0, 0.1) is 0 Å². The summed E-state index contributed by atoms with van der Waals surface area (Å²) in [4.78, 5) is 14.9. The van der Waals surface area contributed by atoms with E-state index in [0.717, 1.165) is 24.1 Å². The van der Waals surface area contributed by atoms with Crippen LogP contribution < -0.4 is 0 Å². The van der Waals surface area contributed by atoms with E-state index >= 15 is 0 Å². The highest BCUT2D eigenvalue weighted by atomic mass is 35.5. The monoisotopic (exact) mass is 211 g/mol. The Kier molecular flexibility index (Phi) is 2.19. The van der Waals surface area contributed by atoms with E-state index in [4.69, 9.17) is 16.7 Å². The van der Waals surface area contributed by atoms with E-state index < -0.39 is 5.97 Å². The van der Waals surface area contributed by atoms with Crippen LogP contribution in [0.15, 0.2) is 6.07 Å². The van der Waals surface area contributed by atoms with Crippen molar-refractivity contribution in [2.24, 2.45) is 0 Å².